The molecule has 7 nitrogen and oxygen atoms in total. The number of nitrogens with zero attached hydrogens (tertiary/aromatic N) is 1. The molecular weight excluding hydrogens is 526 g/mol. The highest BCUT2D eigenvalue weighted by molar-refractivity contribution is 6.00. The molecule has 4 rings (SSSR count). The number of rotatable bonds is 9. The maximum Gasteiger partial charge on any atom is 0.408 e. The number of ether oxygens (including phenoxy) is 1. The fourth-order valence-corrected chi connectivity index (χ4v) is 5.17. The quantitative estimate of drug-likeness (QED) is 0.283. The van der Waals surface area contributed by atoms with E-state index < -0.39 is 23.8 Å². The van der Waals surface area contributed by atoms with E-state index >= 15 is 0 Å². The second kappa shape index (κ2) is 12.7. The molecule has 3 amide bonds. The van der Waals surface area contributed by atoms with Gasteiger partial charge in [0.25, 0.3) is 5.91 Å². The van der Waals surface area contributed by atoms with E-state index in [4.69, 9.17) is 11.2 Å². The lowest BCUT2D eigenvalue weighted by molar-refractivity contribution is -0.142. The van der Waals surface area contributed by atoms with Gasteiger partial charge >= 0.3 is 6.09 Å². The van der Waals surface area contributed by atoms with Crippen LogP contribution >= 0.6 is 0 Å². The summed E-state index contributed by atoms with van der Waals surface area (Å²) >= 11 is 0. The van der Waals surface area contributed by atoms with Crippen molar-refractivity contribution in [2.45, 2.75) is 78.1 Å². The molecule has 0 heterocycles. The van der Waals surface area contributed by atoms with Crippen molar-refractivity contribution in [3.05, 3.63) is 77.9 Å². The lowest BCUT2D eigenvalue weighted by Crippen LogP contribution is -2.53. The average Bonchev–Trinajstić information content (AvgIpc) is 3.65. The fourth-order valence-electron chi connectivity index (χ4n) is 5.17. The van der Waals surface area contributed by atoms with Crippen molar-refractivity contribution in [2.24, 2.45) is 11.8 Å². The molecule has 2 N–H and O–H groups in total. The highest BCUT2D eigenvalue weighted by atomic mass is 16.6. The molecule has 0 bridgehead atoms. The molecule has 7 heteroatoms. The van der Waals surface area contributed by atoms with Crippen LogP contribution in [0.4, 0.5) is 10.5 Å². The SMILES string of the molecule is C#Cc1ccc(C(C(=O)Nc2ccc3ccccc3c2)N(C(=O)C(CC(C)C)NC(=O)OC(C)(C)C)C2CC2C)cc1. The van der Waals surface area contributed by atoms with Gasteiger partial charge in [0.2, 0.25) is 5.91 Å². The predicted molar refractivity (Wildman–Crippen MR) is 167 cm³/mol. The number of carbonyl (C=O) groups excluding carboxylic acids is 3. The summed E-state index contributed by atoms with van der Waals surface area (Å²) in [6.45, 7) is 11.4. The van der Waals surface area contributed by atoms with E-state index in [1.807, 2.05) is 56.3 Å². The Hall–Kier alpha value is -4.31. The molecular formula is C35H41N3O4. The van der Waals surface area contributed by atoms with Crippen LogP contribution in [-0.4, -0.2) is 40.5 Å². The lowest BCUT2D eigenvalue weighted by Gasteiger charge is -2.35. The van der Waals surface area contributed by atoms with Crippen molar-refractivity contribution >= 4 is 34.4 Å². The van der Waals surface area contributed by atoms with Gasteiger partial charge in [-0.05, 0) is 86.1 Å². The summed E-state index contributed by atoms with van der Waals surface area (Å²) in [5.41, 5.74) is 1.22. The summed E-state index contributed by atoms with van der Waals surface area (Å²) in [7, 11) is 0. The number of hydrogen-bond donors (Lipinski definition) is 2. The zero-order valence-corrected chi connectivity index (χ0v) is 25.3. The van der Waals surface area contributed by atoms with E-state index in [-0.39, 0.29) is 29.7 Å². The maximum atomic E-state index is 14.4. The number of fused-ring (bicyclic) bond motifs is 1. The third-order valence-electron chi connectivity index (χ3n) is 7.31. The standard InChI is InChI=1S/C35H41N3O4/c1-8-24-13-15-26(16-14-24)31(32(39)36-28-18-17-25-11-9-10-12-27(25)21-28)38(30-20-23(30)4)33(40)29(19-22(2)3)37-34(41)42-35(5,6)7/h1,9-18,21-23,29-31H,19-20H2,2-7H3,(H,36,39)(H,37,41). The van der Waals surface area contributed by atoms with Gasteiger partial charge in [-0.3, -0.25) is 9.59 Å². The minimum atomic E-state index is -0.944. The highest BCUT2D eigenvalue weighted by Gasteiger charge is 2.48. The predicted octanol–water partition coefficient (Wildman–Crippen LogP) is 6.68. The fraction of sp³-hybridized carbons (Fsp3) is 0.400. The Morgan fingerprint density at radius 2 is 1.67 bits per heavy atom. The molecule has 0 aromatic heterocycles. The molecule has 0 saturated heterocycles. The number of nitrogens with one attached hydrogen (secondary N) is 2. The van der Waals surface area contributed by atoms with Crippen molar-refractivity contribution in [2.75, 3.05) is 5.32 Å². The van der Waals surface area contributed by atoms with Crippen molar-refractivity contribution in [1.82, 2.24) is 10.2 Å². The molecule has 0 spiro atoms. The second-order valence-electron chi connectivity index (χ2n) is 12.6. The minimum Gasteiger partial charge on any atom is -0.444 e. The van der Waals surface area contributed by atoms with Crippen LogP contribution in [0.1, 0.15) is 71.6 Å². The molecule has 1 saturated carbocycles. The molecule has 1 aliphatic carbocycles. The summed E-state index contributed by atoms with van der Waals surface area (Å²) in [6, 6.07) is 18.8. The van der Waals surface area contributed by atoms with Crippen molar-refractivity contribution in [3.8, 4) is 12.3 Å². The minimum absolute atomic E-state index is 0.104. The van der Waals surface area contributed by atoms with E-state index in [1.54, 1.807) is 49.9 Å². The van der Waals surface area contributed by atoms with Crippen LogP contribution in [0.2, 0.25) is 0 Å². The van der Waals surface area contributed by atoms with Gasteiger partial charge in [-0.15, -0.1) is 6.42 Å². The van der Waals surface area contributed by atoms with Crippen LogP contribution in [-0.2, 0) is 14.3 Å². The number of anilines is 1. The Kier molecular flexibility index (Phi) is 9.26. The van der Waals surface area contributed by atoms with Gasteiger partial charge in [0.15, 0.2) is 0 Å². The molecule has 0 radical (unpaired) electrons. The lowest BCUT2D eigenvalue weighted by atomic mass is 9.98. The largest absolute Gasteiger partial charge is 0.444 e. The number of alkyl carbamates (subject to hydrolysis) is 1. The molecule has 4 unspecified atom stereocenters. The molecule has 0 aliphatic heterocycles. The number of terminal acetylenes is 1. The van der Waals surface area contributed by atoms with E-state index in [0.29, 0.717) is 23.2 Å². The first-order chi connectivity index (χ1) is 19.9. The van der Waals surface area contributed by atoms with Gasteiger partial charge < -0.3 is 20.3 Å². The third kappa shape index (κ3) is 7.70. The molecule has 1 fully saturated rings. The molecule has 3 aromatic rings. The van der Waals surface area contributed by atoms with Gasteiger partial charge in [-0.2, -0.15) is 0 Å². The van der Waals surface area contributed by atoms with Gasteiger partial charge in [0.05, 0.1) is 0 Å². The number of hydrogen-bond acceptors (Lipinski definition) is 4. The van der Waals surface area contributed by atoms with Gasteiger partial charge in [-0.1, -0.05) is 69.2 Å². The summed E-state index contributed by atoms with van der Waals surface area (Å²) in [6.07, 6.45) is 6.08. The number of carbonyl (C=O) groups is 3. The van der Waals surface area contributed by atoms with E-state index in [0.717, 1.165) is 17.2 Å². The zero-order valence-electron chi connectivity index (χ0n) is 25.3. The second-order valence-corrected chi connectivity index (χ2v) is 12.6. The van der Waals surface area contributed by atoms with Crippen molar-refractivity contribution in [1.29, 1.82) is 0 Å². The number of amides is 3. The Morgan fingerprint density at radius 3 is 2.24 bits per heavy atom. The van der Waals surface area contributed by atoms with Crippen LogP contribution < -0.4 is 10.6 Å². The first kappa shape index (κ1) is 30.6. The van der Waals surface area contributed by atoms with Gasteiger partial charge in [-0.25, -0.2) is 4.79 Å². The summed E-state index contributed by atoms with van der Waals surface area (Å²) in [4.78, 5) is 43.1. The third-order valence-corrected chi connectivity index (χ3v) is 7.31. The van der Waals surface area contributed by atoms with E-state index in [9.17, 15) is 14.4 Å². The van der Waals surface area contributed by atoms with Crippen LogP contribution in [0.5, 0.6) is 0 Å². The van der Waals surface area contributed by atoms with E-state index in [2.05, 4.69) is 23.5 Å². The van der Waals surface area contributed by atoms with Crippen LogP contribution in [0, 0.1) is 24.2 Å². The van der Waals surface area contributed by atoms with Crippen LogP contribution in [0.15, 0.2) is 66.7 Å². The normalized spacial score (nSPS) is 17.6. The number of benzene rings is 3. The average molecular weight is 568 g/mol. The Morgan fingerprint density at radius 1 is 1.02 bits per heavy atom. The topological polar surface area (TPSA) is 87.7 Å². The van der Waals surface area contributed by atoms with Crippen molar-refractivity contribution in [3.63, 3.8) is 0 Å². The molecule has 4 atom stereocenters. The summed E-state index contributed by atoms with van der Waals surface area (Å²) in [5.74, 6) is 2.26. The molecule has 1 aliphatic rings. The molecule has 42 heavy (non-hydrogen) atoms. The summed E-state index contributed by atoms with van der Waals surface area (Å²) in [5, 5.41) is 7.92. The highest BCUT2D eigenvalue weighted by Crippen LogP contribution is 2.41. The Bertz CT molecular complexity index is 1480. The maximum absolute atomic E-state index is 14.4. The van der Waals surface area contributed by atoms with Crippen LogP contribution in [0.3, 0.4) is 0 Å². The molecule has 3 aromatic carbocycles. The van der Waals surface area contributed by atoms with Crippen LogP contribution in [0.25, 0.3) is 10.8 Å². The smallest absolute Gasteiger partial charge is 0.408 e. The first-order valence-corrected chi connectivity index (χ1v) is 14.5. The Labute approximate surface area is 249 Å². The van der Waals surface area contributed by atoms with Gasteiger partial charge in [0.1, 0.15) is 17.7 Å². The van der Waals surface area contributed by atoms with Gasteiger partial charge in [0, 0.05) is 17.3 Å². The molecule has 220 valence electrons. The zero-order chi connectivity index (χ0) is 30.6. The van der Waals surface area contributed by atoms with E-state index in [1.165, 1.54) is 0 Å². The summed E-state index contributed by atoms with van der Waals surface area (Å²) < 4.78 is 5.49. The monoisotopic (exact) mass is 567 g/mol. The van der Waals surface area contributed by atoms with Crippen molar-refractivity contribution < 1.29 is 19.1 Å². The Balaban J connectivity index is 1.73. The first-order valence-electron chi connectivity index (χ1n) is 14.5.